The van der Waals surface area contributed by atoms with Crippen LogP contribution in [0.1, 0.15) is 21.7 Å². The van der Waals surface area contributed by atoms with Crippen LogP contribution in [-0.4, -0.2) is 33.7 Å². The second-order valence-corrected chi connectivity index (χ2v) is 4.91. The lowest BCUT2D eigenvalue weighted by Gasteiger charge is -2.04. The number of aliphatic hydroxyl groups excluding tert-OH is 1. The molecule has 2 heterocycles. The van der Waals surface area contributed by atoms with Crippen molar-refractivity contribution < 1.29 is 9.90 Å². The van der Waals surface area contributed by atoms with Crippen molar-refractivity contribution in [1.29, 1.82) is 0 Å². The normalized spacial score (nSPS) is 9.85. The van der Waals surface area contributed by atoms with E-state index in [2.05, 4.69) is 22.1 Å². The van der Waals surface area contributed by atoms with Crippen molar-refractivity contribution in [2.45, 2.75) is 13.0 Å². The van der Waals surface area contributed by atoms with Crippen molar-refractivity contribution in [2.24, 2.45) is 0 Å². The Bertz CT molecular complexity index is 608. The first kappa shape index (κ1) is 14.3. The lowest BCUT2D eigenvalue weighted by molar-refractivity contribution is 0.0956. The van der Waals surface area contributed by atoms with Crippen molar-refractivity contribution in [2.75, 3.05) is 13.2 Å². The first-order chi connectivity index (χ1) is 9.81. The molecule has 0 aromatic carbocycles. The molecule has 0 saturated heterocycles. The maximum Gasteiger partial charge on any atom is 0.262 e. The fourth-order valence-electron chi connectivity index (χ4n) is 1.59. The highest BCUT2D eigenvalue weighted by Gasteiger charge is 2.11. The number of hydrogen-bond acceptors (Lipinski definition) is 4. The van der Waals surface area contributed by atoms with Gasteiger partial charge in [-0.05, 0) is 11.4 Å². The molecule has 2 rings (SSSR count). The highest BCUT2D eigenvalue weighted by molar-refractivity contribution is 7.12. The third-order valence-corrected chi connectivity index (χ3v) is 3.46. The molecule has 0 fully saturated rings. The maximum atomic E-state index is 12.0. The summed E-state index contributed by atoms with van der Waals surface area (Å²) in [7, 11) is 0. The van der Waals surface area contributed by atoms with Gasteiger partial charge in [-0.15, -0.1) is 11.3 Å². The number of amides is 1. The molecule has 0 aliphatic carbocycles. The van der Waals surface area contributed by atoms with Gasteiger partial charge >= 0.3 is 0 Å². The standard InChI is InChI=1S/C14H15N3O2S/c18-9-2-1-3-12-4-10-20-13(12)14(19)16-6-8-17-7-5-15-11-17/h4-5,7,10-11,18H,2,6,8-9H2,(H,16,19). The molecule has 0 aliphatic heterocycles. The summed E-state index contributed by atoms with van der Waals surface area (Å²) < 4.78 is 1.90. The van der Waals surface area contributed by atoms with Gasteiger partial charge in [0.25, 0.3) is 5.91 Å². The Hall–Kier alpha value is -2.10. The Labute approximate surface area is 121 Å². The molecule has 20 heavy (non-hydrogen) atoms. The molecular formula is C14H15N3O2S. The molecule has 0 atom stereocenters. The molecule has 1 amide bonds. The number of nitrogens with zero attached hydrogens (tertiary/aromatic N) is 2. The molecule has 0 aliphatic rings. The Kier molecular flexibility index (Phi) is 5.35. The van der Waals surface area contributed by atoms with Crippen molar-refractivity contribution in [3.8, 4) is 11.8 Å². The predicted molar refractivity (Wildman–Crippen MR) is 77.5 cm³/mol. The van der Waals surface area contributed by atoms with E-state index in [0.29, 0.717) is 30.0 Å². The van der Waals surface area contributed by atoms with Crippen molar-refractivity contribution in [3.63, 3.8) is 0 Å². The Morgan fingerprint density at radius 1 is 1.55 bits per heavy atom. The fourth-order valence-corrected chi connectivity index (χ4v) is 2.36. The molecule has 2 aromatic heterocycles. The number of aliphatic hydroxyl groups is 1. The SMILES string of the molecule is O=C(NCCn1ccnc1)c1sccc1C#CCCO. The third-order valence-electron chi connectivity index (χ3n) is 2.55. The van der Waals surface area contributed by atoms with E-state index < -0.39 is 0 Å². The van der Waals surface area contributed by atoms with Crippen LogP contribution in [0.4, 0.5) is 0 Å². The fraction of sp³-hybridized carbons (Fsp3) is 0.286. The second kappa shape index (κ2) is 7.48. The number of carbonyl (C=O) groups excluding carboxylic acids is 1. The minimum Gasteiger partial charge on any atom is -0.395 e. The van der Waals surface area contributed by atoms with Crippen LogP contribution in [0.2, 0.25) is 0 Å². The second-order valence-electron chi connectivity index (χ2n) is 4.00. The largest absolute Gasteiger partial charge is 0.395 e. The highest BCUT2D eigenvalue weighted by atomic mass is 32.1. The summed E-state index contributed by atoms with van der Waals surface area (Å²) in [6.45, 7) is 1.25. The quantitative estimate of drug-likeness (QED) is 0.810. The Morgan fingerprint density at radius 3 is 3.20 bits per heavy atom. The van der Waals surface area contributed by atoms with Crippen LogP contribution in [0.3, 0.4) is 0 Å². The average molecular weight is 289 g/mol. The molecule has 0 bridgehead atoms. The minimum atomic E-state index is -0.117. The van der Waals surface area contributed by atoms with Crippen LogP contribution < -0.4 is 5.32 Å². The molecule has 0 saturated carbocycles. The minimum absolute atomic E-state index is 0.0313. The molecule has 2 N–H and O–H groups in total. The summed E-state index contributed by atoms with van der Waals surface area (Å²) in [6.07, 6.45) is 5.68. The van der Waals surface area contributed by atoms with Crippen LogP contribution in [0.25, 0.3) is 0 Å². The Morgan fingerprint density at radius 2 is 2.45 bits per heavy atom. The number of aromatic nitrogens is 2. The first-order valence-electron chi connectivity index (χ1n) is 6.22. The van der Waals surface area contributed by atoms with Gasteiger partial charge in [0.15, 0.2) is 0 Å². The number of nitrogens with one attached hydrogen (secondary N) is 1. The van der Waals surface area contributed by atoms with Crippen LogP contribution >= 0.6 is 11.3 Å². The molecular weight excluding hydrogens is 274 g/mol. The van der Waals surface area contributed by atoms with Crippen LogP contribution in [-0.2, 0) is 6.54 Å². The van der Waals surface area contributed by atoms with Crippen LogP contribution in [0.15, 0.2) is 30.2 Å². The van der Waals surface area contributed by atoms with E-state index in [1.807, 2.05) is 22.2 Å². The summed E-state index contributed by atoms with van der Waals surface area (Å²) in [5.41, 5.74) is 0.712. The summed E-state index contributed by atoms with van der Waals surface area (Å²) in [5.74, 6) is 5.61. The number of thiophene rings is 1. The lowest BCUT2D eigenvalue weighted by atomic mass is 10.2. The lowest BCUT2D eigenvalue weighted by Crippen LogP contribution is -2.26. The monoisotopic (exact) mass is 289 g/mol. The summed E-state index contributed by atoms with van der Waals surface area (Å²) >= 11 is 1.37. The van der Waals surface area contributed by atoms with E-state index in [9.17, 15) is 4.79 Å². The molecule has 104 valence electrons. The predicted octanol–water partition coefficient (Wildman–Crippen LogP) is 1.11. The summed E-state index contributed by atoms with van der Waals surface area (Å²) in [6, 6.07) is 1.82. The first-order valence-corrected chi connectivity index (χ1v) is 7.10. The highest BCUT2D eigenvalue weighted by Crippen LogP contribution is 2.15. The van der Waals surface area contributed by atoms with Gasteiger partial charge in [-0.25, -0.2) is 4.98 Å². The van der Waals surface area contributed by atoms with E-state index in [1.54, 1.807) is 12.5 Å². The van der Waals surface area contributed by atoms with E-state index in [1.165, 1.54) is 11.3 Å². The van der Waals surface area contributed by atoms with Crippen molar-refractivity contribution in [3.05, 3.63) is 40.6 Å². The van der Waals surface area contributed by atoms with Gasteiger partial charge in [0.05, 0.1) is 12.9 Å². The number of carbonyl (C=O) groups is 1. The molecule has 0 unspecified atom stereocenters. The zero-order chi connectivity index (χ0) is 14.2. The average Bonchev–Trinajstić information content (AvgIpc) is 3.10. The third kappa shape index (κ3) is 3.95. The maximum absolute atomic E-state index is 12.0. The number of hydrogen-bond donors (Lipinski definition) is 2. The van der Waals surface area contributed by atoms with E-state index >= 15 is 0 Å². The van der Waals surface area contributed by atoms with Gasteiger partial charge in [0.2, 0.25) is 0 Å². The summed E-state index contributed by atoms with van der Waals surface area (Å²) in [5, 5.41) is 13.4. The molecule has 5 nitrogen and oxygen atoms in total. The van der Waals surface area contributed by atoms with E-state index in [-0.39, 0.29) is 12.5 Å². The van der Waals surface area contributed by atoms with Gasteiger partial charge in [-0.3, -0.25) is 4.79 Å². The van der Waals surface area contributed by atoms with Crippen molar-refractivity contribution in [1.82, 2.24) is 14.9 Å². The Balaban J connectivity index is 1.89. The smallest absolute Gasteiger partial charge is 0.262 e. The van der Waals surface area contributed by atoms with Crippen molar-refractivity contribution >= 4 is 17.2 Å². The topological polar surface area (TPSA) is 67.2 Å². The zero-order valence-electron chi connectivity index (χ0n) is 10.9. The number of imidazole rings is 1. The summed E-state index contributed by atoms with van der Waals surface area (Å²) in [4.78, 5) is 16.6. The zero-order valence-corrected chi connectivity index (χ0v) is 11.7. The number of rotatable bonds is 5. The van der Waals surface area contributed by atoms with E-state index in [4.69, 9.17) is 5.11 Å². The van der Waals surface area contributed by atoms with E-state index in [0.717, 1.165) is 0 Å². The van der Waals surface area contributed by atoms with Gasteiger partial charge in [-0.2, -0.15) is 0 Å². The molecule has 0 radical (unpaired) electrons. The van der Waals surface area contributed by atoms with Crippen LogP contribution in [0, 0.1) is 11.8 Å². The molecule has 6 heteroatoms. The van der Waals surface area contributed by atoms with Gasteiger partial charge in [-0.1, -0.05) is 11.8 Å². The van der Waals surface area contributed by atoms with Gasteiger partial charge < -0.3 is 15.0 Å². The molecule has 2 aromatic rings. The van der Waals surface area contributed by atoms with Crippen LogP contribution in [0.5, 0.6) is 0 Å². The van der Waals surface area contributed by atoms with Gasteiger partial charge in [0.1, 0.15) is 4.88 Å². The molecule has 0 spiro atoms. The van der Waals surface area contributed by atoms with Gasteiger partial charge in [0, 0.05) is 37.5 Å².